The Bertz CT molecular complexity index is 428. The Balaban J connectivity index is 1.92. The molecule has 2 N–H and O–H groups in total. The van der Waals surface area contributed by atoms with E-state index >= 15 is 0 Å². The highest BCUT2D eigenvalue weighted by molar-refractivity contribution is 5.57. The molecule has 0 amide bonds. The number of nitrogens with one attached hydrogen (secondary N) is 1. The molecule has 1 aliphatic rings. The Morgan fingerprint density at radius 3 is 2.95 bits per heavy atom. The first-order valence-electron chi connectivity index (χ1n) is 7.52. The minimum atomic E-state index is -0.485. The van der Waals surface area contributed by atoms with Crippen LogP contribution in [0.3, 0.4) is 0 Å². The van der Waals surface area contributed by atoms with E-state index in [0.717, 1.165) is 13.0 Å². The van der Waals surface area contributed by atoms with E-state index in [-0.39, 0.29) is 0 Å². The number of aliphatic hydroxyl groups excluding tert-OH is 1. The lowest BCUT2D eigenvalue weighted by Gasteiger charge is -2.36. The number of rotatable bonds is 8. The van der Waals surface area contributed by atoms with Crippen LogP contribution in [-0.2, 0) is 9.47 Å². The number of ether oxygens (including phenoxy) is 2. The molecule has 1 heterocycles. The van der Waals surface area contributed by atoms with E-state index in [2.05, 4.69) is 28.4 Å². The Labute approximate surface area is 126 Å². The molecule has 0 saturated carbocycles. The van der Waals surface area contributed by atoms with Gasteiger partial charge in [-0.1, -0.05) is 18.2 Å². The van der Waals surface area contributed by atoms with Gasteiger partial charge in [0.15, 0.2) is 0 Å². The Morgan fingerprint density at radius 2 is 2.19 bits per heavy atom. The standard InChI is InChI=1S/C16H26N2O3/c1-17-15-7-8-18(16-6-4-3-5-14(15)16)11-13(19)12-21-10-9-20-2/h3-6,13,15,17,19H,7-12H2,1-2H3. The molecule has 0 spiro atoms. The smallest absolute Gasteiger partial charge is 0.0948 e. The highest BCUT2D eigenvalue weighted by atomic mass is 16.5. The molecule has 2 unspecified atom stereocenters. The monoisotopic (exact) mass is 294 g/mol. The van der Waals surface area contributed by atoms with Crippen molar-refractivity contribution in [1.82, 2.24) is 5.32 Å². The number of benzene rings is 1. The normalized spacial score (nSPS) is 19.4. The average Bonchev–Trinajstić information content (AvgIpc) is 2.52. The van der Waals surface area contributed by atoms with Crippen LogP contribution in [0.25, 0.3) is 0 Å². The van der Waals surface area contributed by atoms with Crippen LogP contribution in [-0.4, -0.2) is 58.3 Å². The highest BCUT2D eigenvalue weighted by Gasteiger charge is 2.24. The van der Waals surface area contributed by atoms with Gasteiger partial charge in [-0.2, -0.15) is 0 Å². The molecule has 0 aromatic heterocycles. The second-order valence-electron chi connectivity index (χ2n) is 5.36. The minimum absolute atomic E-state index is 0.345. The lowest BCUT2D eigenvalue weighted by Crippen LogP contribution is -2.40. The topological polar surface area (TPSA) is 54.0 Å². The number of hydrogen-bond acceptors (Lipinski definition) is 5. The van der Waals surface area contributed by atoms with Crippen molar-refractivity contribution in [3.63, 3.8) is 0 Å². The summed E-state index contributed by atoms with van der Waals surface area (Å²) in [6.07, 6.45) is 0.561. The van der Waals surface area contributed by atoms with Gasteiger partial charge in [-0.05, 0) is 25.1 Å². The van der Waals surface area contributed by atoms with Crippen molar-refractivity contribution in [2.24, 2.45) is 0 Å². The number of aliphatic hydroxyl groups is 1. The van der Waals surface area contributed by atoms with Crippen molar-refractivity contribution in [1.29, 1.82) is 0 Å². The molecule has 0 bridgehead atoms. The van der Waals surface area contributed by atoms with Crippen LogP contribution in [0.2, 0.25) is 0 Å². The quantitative estimate of drug-likeness (QED) is 0.705. The third-order valence-corrected chi connectivity index (χ3v) is 3.86. The van der Waals surface area contributed by atoms with Gasteiger partial charge in [0.2, 0.25) is 0 Å². The maximum Gasteiger partial charge on any atom is 0.0948 e. The van der Waals surface area contributed by atoms with E-state index in [9.17, 15) is 5.11 Å². The lowest BCUT2D eigenvalue weighted by molar-refractivity contribution is 0.0159. The number of nitrogens with zero attached hydrogens (tertiary/aromatic N) is 1. The first kappa shape index (κ1) is 16.2. The molecule has 1 aromatic rings. The number of β-amino-alcohol motifs (C(OH)–C–C–N with tert-alkyl or cyclic N) is 1. The molecule has 0 saturated heterocycles. The predicted octanol–water partition coefficient (Wildman–Crippen LogP) is 1.18. The third kappa shape index (κ3) is 4.41. The zero-order valence-corrected chi connectivity index (χ0v) is 12.9. The zero-order valence-electron chi connectivity index (χ0n) is 12.9. The average molecular weight is 294 g/mol. The maximum absolute atomic E-state index is 10.1. The van der Waals surface area contributed by atoms with Crippen LogP contribution in [0.4, 0.5) is 5.69 Å². The van der Waals surface area contributed by atoms with Crippen LogP contribution >= 0.6 is 0 Å². The molecule has 1 aliphatic heterocycles. The fraction of sp³-hybridized carbons (Fsp3) is 0.625. The summed E-state index contributed by atoms with van der Waals surface area (Å²) in [4.78, 5) is 2.24. The number of fused-ring (bicyclic) bond motifs is 1. The SMILES string of the molecule is CNC1CCN(CC(O)COCCOC)c2ccccc21. The largest absolute Gasteiger partial charge is 0.389 e. The van der Waals surface area contributed by atoms with Crippen LogP contribution in [0.15, 0.2) is 24.3 Å². The molecular weight excluding hydrogens is 268 g/mol. The summed E-state index contributed by atoms with van der Waals surface area (Å²) in [5.74, 6) is 0. The third-order valence-electron chi connectivity index (χ3n) is 3.86. The van der Waals surface area contributed by atoms with Gasteiger partial charge in [0.25, 0.3) is 0 Å². The van der Waals surface area contributed by atoms with Gasteiger partial charge in [0, 0.05) is 31.9 Å². The molecule has 0 radical (unpaired) electrons. The summed E-state index contributed by atoms with van der Waals surface area (Å²) in [5, 5.41) is 13.5. The predicted molar refractivity (Wildman–Crippen MR) is 83.8 cm³/mol. The van der Waals surface area contributed by atoms with Gasteiger partial charge in [-0.15, -0.1) is 0 Å². The molecule has 5 heteroatoms. The number of anilines is 1. The van der Waals surface area contributed by atoms with E-state index in [1.807, 2.05) is 13.1 Å². The minimum Gasteiger partial charge on any atom is -0.389 e. The molecule has 118 valence electrons. The van der Waals surface area contributed by atoms with Crippen LogP contribution in [0.5, 0.6) is 0 Å². The van der Waals surface area contributed by atoms with Crippen LogP contribution in [0.1, 0.15) is 18.0 Å². The van der Waals surface area contributed by atoms with Gasteiger partial charge in [-0.3, -0.25) is 0 Å². The van der Waals surface area contributed by atoms with Gasteiger partial charge in [-0.25, -0.2) is 0 Å². The fourth-order valence-corrected chi connectivity index (χ4v) is 2.79. The van der Waals surface area contributed by atoms with Crippen LogP contribution in [0, 0.1) is 0 Å². The zero-order chi connectivity index (χ0) is 15.1. The lowest BCUT2D eigenvalue weighted by atomic mass is 9.96. The molecular formula is C16H26N2O3. The van der Waals surface area contributed by atoms with Gasteiger partial charge >= 0.3 is 0 Å². The van der Waals surface area contributed by atoms with Crippen molar-refractivity contribution in [2.75, 3.05) is 52.0 Å². The second kappa shape index (κ2) is 8.34. The van der Waals surface area contributed by atoms with Gasteiger partial charge in [0.05, 0.1) is 25.9 Å². The summed E-state index contributed by atoms with van der Waals surface area (Å²) in [6.45, 7) is 2.96. The van der Waals surface area contributed by atoms with E-state index in [1.165, 1.54) is 11.3 Å². The van der Waals surface area contributed by atoms with Gasteiger partial charge < -0.3 is 24.8 Å². The number of hydrogen-bond donors (Lipinski definition) is 2. The number of methoxy groups -OCH3 is 1. The van der Waals surface area contributed by atoms with Crippen molar-refractivity contribution < 1.29 is 14.6 Å². The first-order valence-corrected chi connectivity index (χ1v) is 7.52. The Hall–Kier alpha value is -1.14. The first-order chi connectivity index (χ1) is 10.3. The second-order valence-corrected chi connectivity index (χ2v) is 5.36. The summed E-state index contributed by atoms with van der Waals surface area (Å²) in [6, 6.07) is 8.79. The number of para-hydroxylation sites is 1. The maximum atomic E-state index is 10.1. The highest BCUT2D eigenvalue weighted by Crippen LogP contribution is 2.33. The molecule has 2 atom stereocenters. The van der Waals surface area contributed by atoms with E-state index in [0.29, 0.717) is 32.4 Å². The Morgan fingerprint density at radius 1 is 1.38 bits per heavy atom. The summed E-state index contributed by atoms with van der Waals surface area (Å²) in [5.41, 5.74) is 2.51. The van der Waals surface area contributed by atoms with Crippen molar-refractivity contribution >= 4 is 5.69 Å². The molecule has 5 nitrogen and oxygen atoms in total. The van der Waals surface area contributed by atoms with Crippen molar-refractivity contribution in [3.05, 3.63) is 29.8 Å². The summed E-state index contributed by atoms with van der Waals surface area (Å²) >= 11 is 0. The van der Waals surface area contributed by atoms with Crippen LogP contribution < -0.4 is 10.2 Å². The molecule has 2 rings (SSSR count). The summed E-state index contributed by atoms with van der Waals surface area (Å²) in [7, 11) is 3.64. The Kier molecular flexibility index (Phi) is 6.45. The van der Waals surface area contributed by atoms with E-state index in [4.69, 9.17) is 9.47 Å². The van der Waals surface area contributed by atoms with Crippen molar-refractivity contribution in [2.45, 2.75) is 18.6 Å². The van der Waals surface area contributed by atoms with Crippen molar-refractivity contribution in [3.8, 4) is 0 Å². The molecule has 0 aliphatic carbocycles. The molecule has 1 aromatic carbocycles. The summed E-state index contributed by atoms with van der Waals surface area (Å²) < 4.78 is 10.3. The molecule has 0 fully saturated rings. The van der Waals surface area contributed by atoms with Gasteiger partial charge in [0.1, 0.15) is 0 Å². The van der Waals surface area contributed by atoms with E-state index < -0.39 is 6.10 Å². The fourth-order valence-electron chi connectivity index (χ4n) is 2.79. The van der Waals surface area contributed by atoms with E-state index in [1.54, 1.807) is 7.11 Å². The molecule has 21 heavy (non-hydrogen) atoms.